The smallest absolute Gasteiger partial charge is 0.134 e. The summed E-state index contributed by atoms with van der Waals surface area (Å²) in [6, 6.07) is 2.42. The second-order valence-corrected chi connectivity index (χ2v) is 5.31. The number of hydrogen-bond donors (Lipinski definition) is 1. The van der Waals surface area contributed by atoms with Crippen molar-refractivity contribution in [2.75, 3.05) is 26.9 Å². The van der Waals surface area contributed by atoms with Crippen LogP contribution in [0.4, 0.5) is 0 Å². The maximum Gasteiger partial charge on any atom is 0.134 e. The van der Waals surface area contributed by atoms with Crippen molar-refractivity contribution in [1.82, 2.24) is 5.32 Å². The lowest BCUT2D eigenvalue weighted by Gasteiger charge is -2.30. The summed E-state index contributed by atoms with van der Waals surface area (Å²) in [5.74, 6) is 1.57. The van der Waals surface area contributed by atoms with E-state index in [0.29, 0.717) is 12.0 Å². The molecular formula is C13H21NO2S. The van der Waals surface area contributed by atoms with Crippen molar-refractivity contribution < 1.29 is 9.47 Å². The quantitative estimate of drug-likeness (QED) is 0.877. The van der Waals surface area contributed by atoms with Crippen molar-refractivity contribution >= 4 is 11.3 Å². The van der Waals surface area contributed by atoms with Crippen LogP contribution in [0.1, 0.15) is 30.7 Å². The van der Waals surface area contributed by atoms with Crippen molar-refractivity contribution in [3.63, 3.8) is 0 Å². The molecule has 0 radical (unpaired) electrons. The molecule has 17 heavy (non-hydrogen) atoms. The van der Waals surface area contributed by atoms with Gasteiger partial charge in [-0.25, -0.2) is 0 Å². The molecule has 0 aliphatic carbocycles. The van der Waals surface area contributed by atoms with Gasteiger partial charge in [0.15, 0.2) is 0 Å². The molecule has 2 unspecified atom stereocenters. The normalized spacial score (nSPS) is 22.4. The van der Waals surface area contributed by atoms with E-state index in [0.717, 1.165) is 25.5 Å². The molecule has 4 heteroatoms. The van der Waals surface area contributed by atoms with E-state index in [1.165, 1.54) is 17.7 Å². The minimum Gasteiger partial charge on any atom is -0.496 e. The van der Waals surface area contributed by atoms with Crippen LogP contribution in [0.2, 0.25) is 0 Å². The Morgan fingerprint density at radius 1 is 1.65 bits per heavy atom. The lowest BCUT2D eigenvalue weighted by molar-refractivity contribution is 0.0395. The van der Waals surface area contributed by atoms with Crippen molar-refractivity contribution in [2.45, 2.75) is 25.8 Å². The molecular weight excluding hydrogens is 234 g/mol. The van der Waals surface area contributed by atoms with Crippen LogP contribution in [-0.2, 0) is 4.74 Å². The third-order valence-corrected chi connectivity index (χ3v) is 4.23. The van der Waals surface area contributed by atoms with Gasteiger partial charge in [0.2, 0.25) is 0 Å². The van der Waals surface area contributed by atoms with Crippen LogP contribution in [0, 0.1) is 5.92 Å². The van der Waals surface area contributed by atoms with Gasteiger partial charge >= 0.3 is 0 Å². The van der Waals surface area contributed by atoms with Crippen LogP contribution >= 0.6 is 11.3 Å². The Kier molecular flexibility index (Phi) is 4.83. The molecule has 1 saturated heterocycles. The van der Waals surface area contributed by atoms with Gasteiger partial charge in [0.1, 0.15) is 5.75 Å². The van der Waals surface area contributed by atoms with E-state index in [2.05, 4.69) is 17.6 Å². The maximum absolute atomic E-state index is 5.60. The van der Waals surface area contributed by atoms with E-state index >= 15 is 0 Å². The van der Waals surface area contributed by atoms with Crippen LogP contribution in [0.3, 0.4) is 0 Å². The number of ether oxygens (including phenoxy) is 2. The van der Waals surface area contributed by atoms with E-state index < -0.39 is 0 Å². The summed E-state index contributed by atoms with van der Waals surface area (Å²) < 4.78 is 11.0. The fraction of sp³-hybridized carbons (Fsp3) is 0.692. The molecule has 0 saturated carbocycles. The van der Waals surface area contributed by atoms with Gasteiger partial charge < -0.3 is 14.8 Å². The molecule has 1 aromatic heterocycles. The standard InChI is InChI=1S/C13H21NO2S/c1-3-14-12(10-5-4-7-16-9-10)13-11(15-2)6-8-17-13/h6,8,10,12,14H,3-5,7,9H2,1-2H3. The van der Waals surface area contributed by atoms with E-state index in [1.54, 1.807) is 18.4 Å². The van der Waals surface area contributed by atoms with Gasteiger partial charge in [-0.3, -0.25) is 0 Å². The Hall–Kier alpha value is -0.580. The number of hydrogen-bond acceptors (Lipinski definition) is 4. The minimum absolute atomic E-state index is 0.371. The van der Waals surface area contributed by atoms with Gasteiger partial charge in [-0.1, -0.05) is 6.92 Å². The van der Waals surface area contributed by atoms with Crippen LogP contribution in [-0.4, -0.2) is 26.9 Å². The van der Waals surface area contributed by atoms with Gasteiger partial charge in [-0.2, -0.15) is 0 Å². The summed E-state index contributed by atoms with van der Waals surface area (Å²) in [5, 5.41) is 5.68. The fourth-order valence-electron chi connectivity index (χ4n) is 2.43. The zero-order valence-corrected chi connectivity index (χ0v) is 11.4. The van der Waals surface area contributed by atoms with Gasteiger partial charge in [0, 0.05) is 12.5 Å². The zero-order valence-electron chi connectivity index (χ0n) is 10.6. The van der Waals surface area contributed by atoms with E-state index in [-0.39, 0.29) is 0 Å². The van der Waals surface area contributed by atoms with Gasteiger partial charge in [-0.05, 0) is 30.8 Å². The fourth-order valence-corrected chi connectivity index (χ4v) is 3.45. The first-order chi connectivity index (χ1) is 8.36. The average molecular weight is 255 g/mol. The van der Waals surface area contributed by atoms with Crippen molar-refractivity contribution in [1.29, 1.82) is 0 Å². The third kappa shape index (κ3) is 3.00. The molecule has 0 spiro atoms. The number of rotatable bonds is 5. The summed E-state index contributed by atoms with van der Waals surface area (Å²) in [7, 11) is 1.74. The first-order valence-corrected chi connectivity index (χ1v) is 7.17. The molecule has 2 rings (SSSR count). The highest BCUT2D eigenvalue weighted by atomic mass is 32.1. The minimum atomic E-state index is 0.371. The summed E-state index contributed by atoms with van der Waals surface area (Å²) in [5.41, 5.74) is 0. The molecule has 0 aromatic carbocycles. The summed E-state index contributed by atoms with van der Waals surface area (Å²) >= 11 is 1.77. The first-order valence-electron chi connectivity index (χ1n) is 6.29. The highest BCUT2D eigenvalue weighted by Crippen LogP contribution is 2.37. The van der Waals surface area contributed by atoms with Gasteiger partial charge in [-0.15, -0.1) is 11.3 Å². The summed E-state index contributed by atoms with van der Waals surface area (Å²) in [6.07, 6.45) is 2.40. The van der Waals surface area contributed by atoms with E-state index in [4.69, 9.17) is 9.47 Å². The van der Waals surface area contributed by atoms with Crippen LogP contribution in [0.15, 0.2) is 11.4 Å². The topological polar surface area (TPSA) is 30.5 Å². The van der Waals surface area contributed by atoms with Crippen LogP contribution in [0.5, 0.6) is 5.75 Å². The molecule has 0 amide bonds. The van der Waals surface area contributed by atoms with Crippen molar-refractivity contribution in [3.05, 3.63) is 16.3 Å². The highest BCUT2D eigenvalue weighted by molar-refractivity contribution is 7.10. The molecule has 1 aromatic rings. The van der Waals surface area contributed by atoms with Gasteiger partial charge in [0.25, 0.3) is 0 Å². The molecule has 1 aliphatic rings. The molecule has 2 atom stereocenters. The maximum atomic E-state index is 5.60. The SMILES string of the molecule is CCNC(c1sccc1OC)C1CCCOC1. The Morgan fingerprint density at radius 2 is 2.53 bits per heavy atom. The molecule has 3 nitrogen and oxygen atoms in total. The summed E-state index contributed by atoms with van der Waals surface area (Å²) in [6.45, 7) is 4.90. The van der Waals surface area contributed by atoms with Crippen molar-refractivity contribution in [2.24, 2.45) is 5.92 Å². The van der Waals surface area contributed by atoms with Crippen LogP contribution < -0.4 is 10.1 Å². The van der Waals surface area contributed by atoms with Gasteiger partial charge in [0.05, 0.1) is 24.6 Å². The third-order valence-electron chi connectivity index (χ3n) is 3.25. The second-order valence-electron chi connectivity index (χ2n) is 4.37. The zero-order chi connectivity index (χ0) is 12.1. The number of thiophene rings is 1. The molecule has 1 fully saturated rings. The Balaban J connectivity index is 2.15. The lowest BCUT2D eigenvalue weighted by Crippen LogP contribution is -2.33. The first kappa shape index (κ1) is 12.9. The summed E-state index contributed by atoms with van der Waals surface area (Å²) in [4.78, 5) is 1.31. The molecule has 1 N–H and O–H groups in total. The Bertz CT molecular complexity index is 334. The molecule has 2 heterocycles. The molecule has 96 valence electrons. The van der Waals surface area contributed by atoms with E-state index in [1.807, 2.05) is 6.07 Å². The molecule has 0 bridgehead atoms. The highest BCUT2D eigenvalue weighted by Gasteiger charge is 2.28. The number of methoxy groups -OCH3 is 1. The van der Waals surface area contributed by atoms with Crippen LogP contribution in [0.25, 0.3) is 0 Å². The largest absolute Gasteiger partial charge is 0.496 e. The predicted molar refractivity (Wildman–Crippen MR) is 70.8 cm³/mol. The van der Waals surface area contributed by atoms with E-state index in [9.17, 15) is 0 Å². The number of nitrogens with one attached hydrogen (secondary N) is 1. The Labute approximate surface area is 107 Å². The Morgan fingerprint density at radius 3 is 3.18 bits per heavy atom. The monoisotopic (exact) mass is 255 g/mol. The van der Waals surface area contributed by atoms with Crippen molar-refractivity contribution in [3.8, 4) is 5.75 Å². The molecule has 1 aliphatic heterocycles. The second kappa shape index (κ2) is 6.38. The lowest BCUT2D eigenvalue weighted by atomic mass is 9.92. The predicted octanol–water partition coefficient (Wildman–Crippen LogP) is 2.83. The average Bonchev–Trinajstić information content (AvgIpc) is 2.85.